The monoisotopic (exact) mass is 261 g/mol. The Balaban J connectivity index is 1.77. The average Bonchev–Trinajstić information content (AvgIpc) is 3.10. The number of nitrogens with zero attached hydrogens (tertiary/aromatic N) is 4. The van der Waals surface area contributed by atoms with E-state index in [-0.39, 0.29) is 6.04 Å². The number of aryl methyl sites for hydroxylation is 1. The highest BCUT2D eigenvalue weighted by Gasteiger charge is 2.26. The topological polar surface area (TPSA) is 70.9 Å². The van der Waals surface area contributed by atoms with Crippen molar-refractivity contribution >= 4 is 0 Å². The molecule has 2 aromatic rings. The van der Waals surface area contributed by atoms with Crippen molar-refractivity contribution in [2.75, 3.05) is 13.2 Å². The van der Waals surface area contributed by atoms with Gasteiger partial charge in [0.25, 0.3) is 0 Å². The Morgan fingerprint density at radius 3 is 3.11 bits per heavy atom. The van der Waals surface area contributed by atoms with Gasteiger partial charge in [-0.05, 0) is 6.42 Å². The molecule has 19 heavy (non-hydrogen) atoms. The molecule has 0 radical (unpaired) electrons. The zero-order valence-corrected chi connectivity index (χ0v) is 11.1. The highest BCUT2D eigenvalue weighted by molar-refractivity contribution is 5.12. The largest absolute Gasteiger partial charge is 0.381 e. The summed E-state index contributed by atoms with van der Waals surface area (Å²) in [7, 11) is 1.92. The molecule has 0 amide bonds. The first-order chi connectivity index (χ1) is 9.24. The van der Waals surface area contributed by atoms with E-state index in [1.54, 1.807) is 4.68 Å². The molecule has 2 unspecified atom stereocenters. The Morgan fingerprint density at radius 1 is 1.53 bits per heavy atom. The van der Waals surface area contributed by atoms with E-state index in [9.17, 15) is 0 Å². The quantitative estimate of drug-likeness (QED) is 0.879. The Morgan fingerprint density at radius 2 is 2.42 bits per heavy atom. The molecule has 6 heteroatoms. The molecule has 2 aromatic heterocycles. The van der Waals surface area contributed by atoms with Crippen LogP contribution in [-0.4, -0.2) is 32.5 Å². The molecule has 0 aliphatic carbocycles. The van der Waals surface area contributed by atoms with E-state index >= 15 is 0 Å². The lowest BCUT2D eigenvalue weighted by Gasteiger charge is -2.19. The van der Waals surface area contributed by atoms with Crippen LogP contribution in [-0.2, 0) is 18.3 Å². The van der Waals surface area contributed by atoms with Crippen molar-refractivity contribution < 1.29 is 4.74 Å². The third-order valence-electron chi connectivity index (χ3n) is 3.67. The number of hydrogen-bond donors (Lipinski definition) is 1. The standard InChI is InChI=1S/C13H19N5O/c1-17-6-10(4-16-17)7-18-9-15-5-12(18)13(14)11-2-3-19-8-11/h4-6,9,11,13H,2-3,7-8,14H2,1H3. The Kier molecular flexibility index (Phi) is 3.35. The predicted octanol–water partition coefficient (Wildman–Crippen LogP) is 0.701. The Bertz CT molecular complexity index is 541. The van der Waals surface area contributed by atoms with Gasteiger partial charge in [-0.2, -0.15) is 5.10 Å². The van der Waals surface area contributed by atoms with Gasteiger partial charge in [0.1, 0.15) is 0 Å². The van der Waals surface area contributed by atoms with Gasteiger partial charge in [0, 0.05) is 37.5 Å². The van der Waals surface area contributed by atoms with E-state index in [1.807, 2.05) is 32.0 Å². The molecule has 102 valence electrons. The first kappa shape index (κ1) is 12.4. The maximum Gasteiger partial charge on any atom is 0.0951 e. The number of imidazole rings is 1. The SMILES string of the molecule is Cn1cc(Cn2cncc2C(N)C2CCOC2)cn1. The van der Waals surface area contributed by atoms with Gasteiger partial charge >= 0.3 is 0 Å². The molecule has 1 aliphatic rings. The van der Waals surface area contributed by atoms with Gasteiger partial charge in [-0.15, -0.1) is 0 Å². The van der Waals surface area contributed by atoms with Crippen LogP contribution in [0.1, 0.15) is 23.7 Å². The second-order valence-corrected chi connectivity index (χ2v) is 5.12. The molecule has 0 aromatic carbocycles. The van der Waals surface area contributed by atoms with Crippen molar-refractivity contribution in [1.29, 1.82) is 0 Å². The fourth-order valence-corrected chi connectivity index (χ4v) is 2.57. The lowest BCUT2D eigenvalue weighted by Crippen LogP contribution is -2.24. The van der Waals surface area contributed by atoms with Crippen LogP contribution in [0, 0.1) is 5.92 Å². The molecule has 0 saturated carbocycles. The second-order valence-electron chi connectivity index (χ2n) is 5.12. The molecule has 1 fully saturated rings. The summed E-state index contributed by atoms with van der Waals surface area (Å²) >= 11 is 0. The van der Waals surface area contributed by atoms with Crippen LogP contribution in [0.15, 0.2) is 24.9 Å². The van der Waals surface area contributed by atoms with Crippen molar-refractivity contribution in [2.24, 2.45) is 18.7 Å². The van der Waals surface area contributed by atoms with E-state index in [1.165, 1.54) is 0 Å². The van der Waals surface area contributed by atoms with Crippen LogP contribution in [0.25, 0.3) is 0 Å². The predicted molar refractivity (Wildman–Crippen MR) is 70.4 cm³/mol. The minimum Gasteiger partial charge on any atom is -0.381 e. The van der Waals surface area contributed by atoms with Gasteiger partial charge < -0.3 is 15.0 Å². The summed E-state index contributed by atoms with van der Waals surface area (Å²) in [6.07, 6.45) is 8.60. The molecule has 3 rings (SSSR count). The summed E-state index contributed by atoms with van der Waals surface area (Å²) in [5.41, 5.74) is 8.56. The lowest BCUT2D eigenvalue weighted by atomic mass is 9.97. The van der Waals surface area contributed by atoms with Crippen LogP contribution >= 0.6 is 0 Å². The van der Waals surface area contributed by atoms with Gasteiger partial charge in [0.05, 0.1) is 37.4 Å². The minimum atomic E-state index is -0.0123. The van der Waals surface area contributed by atoms with E-state index in [2.05, 4.69) is 14.6 Å². The maximum atomic E-state index is 6.34. The third-order valence-corrected chi connectivity index (χ3v) is 3.67. The third kappa shape index (κ3) is 2.54. The molecular formula is C13H19N5O. The molecule has 2 atom stereocenters. The molecule has 3 heterocycles. The van der Waals surface area contributed by atoms with Crippen molar-refractivity contribution in [2.45, 2.75) is 19.0 Å². The Labute approximate surface area is 112 Å². The second kappa shape index (κ2) is 5.14. The van der Waals surface area contributed by atoms with Crippen molar-refractivity contribution in [1.82, 2.24) is 19.3 Å². The van der Waals surface area contributed by atoms with Gasteiger partial charge in [-0.1, -0.05) is 0 Å². The Hall–Kier alpha value is -1.66. The summed E-state index contributed by atoms with van der Waals surface area (Å²) in [4.78, 5) is 4.23. The average molecular weight is 261 g/mol. The van der Waals surface area contributed by atoms with Crippen LogP contribution < -0.4 is 5.73 Å². The number of nitrogens with two attached hydrogens (primary N) is 1. The van der Waals surface area contributed by atoms with Crippen LogP contribution in [0.2, 0.25) is 0 Å². The van der Waals surface area contributed by atoms with E-state index in [4.69, 9.17) is 10.5 Å². The fourth-order valence-electron chi connectivity index (χ4n) is 2.57. The van der Waals surface area contributed by atoms with Gasteiger partial charge in [-0.25, -0.2) is 4.98 Å². The highest BCUT2D eigenvalue weighted by atomic mass is 16.5. The maximum absolute atomic E-state index is 6.34. The number of ether oxygens (including phenoxy) is 1. The first-order valence-electron chi connectivity index (χ1n) is 6.55. The summed E-state index contributed by atoms with van der Waals surface area (Å²) < 4.78 is 9.31. The van der Waals surface area contributed by atoms with Crippen LogP contribution in [0.4, 0.5) is 0 Å². The molecule has 0 spiro atoms. The fraction of sp³-hybridized carbons (Fsp3) is 0.538. The molecular weight excluding hydrogens is 242 g/mol. The van der Waals surface area contributed by atoms with Crippen LogP contribution in [0.3, 0.4) is 0 Å². The van der Waals surface area contributed by atoms with E-state index < -0.39 is 0 Å². The molecule has 2 N–H and O–H groups in total. The van der Waals surface area contributed by atoms with Gasteiger partial charge in [0.15, 0.2) is 0 Å². The molecule has 6 nitrogen and oxygen atoms in total. The lowest BCUT2D eigenvalue weighted by molar-refractivity contribution is 0.180. The molecule has 0 bridgehead atoms. The van der Waals surface area contributed by atoms with Crippen LogP contribution in [0.5, 0.6) is 0 Å². The normalized spacial score (nSPS) is 20.8. The summed E-state index contributed by atoms with van der Waals surface area (Å²) in [5, 5.41) is 4.18. The molecule has 1 aliphatic heterocycles. The summed E-state index contributed by atoms with van der Waals surface area (Å²) in [5.74, 6) is 0.393. The summed E-state index contributed by atoms with van der Waals surface area (Å²) in [6.45, 7) is 2.32. The zero-order valence-electron chi connectivity index (χ0n) is 11.1. The number of aromatic nitrogens is 4. The van der Waals surface area contributed by atoms with Crippen molar-refractivity contribution in [3.8, 4) is 0 Å². The number of hydrogen-bond acceptors (Lipinski definition) is 4. The summed E-state index contributed by atoms with van der Waals surface area (Å²) in [6, 6.07) is -0.0123. The van der Waals surface area contributed by atoms with E-state index in [0.29, 0.717) is 5.92 Å². The minimum absolute atomic E-state index is 0.0123. The highest BCUT2D eigenvalue weighted by Crippen LogP contribution is 2.26. The molecule has 1 saturated heterocycles. The first-order valence-corrected chi connectivity index (χ1v) is 6.55. The number of rotatable bonds is 4. The smallest absolute Gasteiger partial charge is 0.0951 e. The van der Waals surface area contributed by atoms with Gasteiger partial charge in [0.2, 0.25) is 0 Å². The van der Waals surface area contributed by atoms with E-state index in [0.717, 1.165) is 37.4 Å². The van der Waals surface area contributed by atoms with Crippen molar-refractivity contribution in [3.63, 3.8) is 0 Å². The van der Waals surface area contributed by atoms with Crippen molar-refractivity contribution in [3.05, 3.63) is 36.2 Å². The van der Waals surface area contributed by atoms with Gasteiger partial charge in [-0.3, -0.25) is 4.68 Å². The zero-order chi connectivity index (χ0) is 13.2.